The third-order valence-corrected chi connectivity index (χ3v) is 7.40. The SMILES string of the molecule is CC(C)OP(=O)(OC(C)C)C(C)CO[C@H]1CNC[C@H]1n1cnc2c(=O)[nH]c(N)nc21. The Kier molecular flexibility index (Phi) is 6.98. The topological polar surface area (TPSA) is 146 Å². The van der Waals surface area contributed by atoms with Crippen molar-refractivity contribution in [2.45, 2.75) is 64.6 Å². The maximum Gasteiger partial charge on any atom is 0.336 e. The number of anilines is 1. The van der Waals surface area contributed by atoms with E-state index in [0.717, 1.165) is 0 Å². The second-order valence-electron chi connectivity index (χ2n) is 8.07. The second-order valence-corrected chi connectivity index (χ2v) is 10.5. The summed E-state index contributed by atoms with van der Waals surface area (Å²) in [5, 5.41) is 3.28. The van der Waals surface area contributed by atoms with Gasteiger partial charge in [-0.3, -0.25) is 14.3 Å². The first kappa shape index (κ1) is 22.9. The lowest BCUT2D eigenvalue weighted by Gasteiger charge is -2.29. The molecule has 1 aliphatic rings. The molecule has 12 heteroatoms. The van der Waals surface area contributed by atoms with Gasteiger partial charge in [-0.25, -0.2) is 4.98 Å². The normalized spacial score (nSPS) is 21.2. The number of nitrogens with zero attached hydrogens (tertiary/aromatic N) is 3. The molecule has 0 radical (unpaired) electrons. The number of imidazole rings is 1. The van der Waals surface area contributed by atoms with Crippen LogP contribution in [0.3, 0.4) is 0 Å². The maximum atomic E-state index is 13.3. The number of fused-ring (bicyclic) bond motifs is 1. The van der Waals surface area contributed by atoms with Gasteiger partial charge in [0, 0.05) is 13.1 Å². The van der Waals surface area contributed by atoms with E-state index in [2.05, 4.69) is 20.3 Å². The molecule has 3 rings (SSSR count). The number of H-pyrrole nitrogens is 1. The van der Waals surface area contributed by atoms with Crippen molar-refractivity contribution in [2.75, 3.05) is 25.4 Å². The van der Waals surface area contributed by atoms with Crippen molar-refractivity contribution in [1.82, 2.24) is 24.8 Å². The number of nitrogens with two attached hydrogens (primary N) is 1. The van der Waals surface area contributed by atoms with E-state index in [1.807, 2.05) is 27.7 Å². The Morgan fingerprint density at radius 3 is 2.53 bits per heavy atom. The molecule has 0 saturated carbocycles. The lowest BCUT2D eigenvalue weighted by molar-refractivity contribution is 0.0364. The Hall–Kier alpha value is -1.78. The summed E-state index contributed by atoms with van der Waals surface area (Å²) in [6, 6.07) is -0.146. The van der Waals surface area contributed by atoms with E-state index in [1.54, 1.807) is 17.8 Å². The minimum absolute atomic E-state index is 0.0314. The molecule has 0 bridgehead atoms. The van der Waals surface area contributed by atoms with Gasteiger partial charge in [0.05, 0.1) is 42.9 Å². The van der Waals surface area contributed by atoms with Crippen LogP contribution in [0.15, 0.2) is 11.1 Å². The molecule has 30 heavy (non-hydrogen) atoms. The van der Waals surface area contributed by atoms with Crippen molar-refractivity contribution in [3.8, 4) is 0 Å². The van der Waals surface area contributed by atoms with Crippen LogP contribution in [0.2, 0.25) is 0 Å². The summed E-state index contributed by atoms with van der Waals surface area (Å²) in [4.78, 5) is 22.9. The van der Waals surface area contributed by atoms with Gasteiger partial charge in [-0.2, -0.15) is 4.98 Å². The van der Waals surface area contributed by atoms with Gasteiger partial charge in [-0.15, -0.1) is 0 Å². The maximum absolute atomic E-state index is 13.3. The molecule has 1 fully saturated rings. The number of nitrogens with one attached hydrogen (secondary N) is 2. The quantitative estimate of drug-likeness (QED) is 0.493. The van der Waals surface area contributed by atoms with Gasteiger partial charge in [-0.05, 0) is 34.6 Å². The van der Waals surface area contributed by atoms with Crippen LogP contribution < -0.4 is 16.6 Å². The van der Waals surface area contributed by atoms with Gasteiger partial charge in [0.2, 0.25) is 5.95 Å². The highest BCUT2D eigenvalue weighted by atomic mass is 31.2. The molecule has 2 aromatic heterocycles. The zero-order valence-electron chi connectivity index (χ0n) is 18.0. The highest BCUT2D eigenvalue weighted by molar-refractivity contribution is 7.54. The molecule has 0 aromatic carbocycles. The van der Waals surface area contributed by atoms with Crippen molar-refractivity contribution in [3.63, 3.8) is 0 Å². The fourth-order valence-electron chi connectivity index (χ4n) is 3.45. The van der Waals surface area contributed by atoms with E-state index in [-0.39, 0.29) is 48.0 Å². The van der Waals surface area contributed by atoms with Crippen LogP contribution >= 0.6 is 7.60 Å². The number of nitrogen functional groups attached to an aromatic ring is 1. The van der Waals surface area contributed by atoms with Crippen LogP contribution in [0.5, 0.6) is 0 Å². The van der Waals surface area contributed by atoms with Crippen LogP contribution in [-0.4, -0.2) is 63.2 Å². The number of rotatable bonds is 9. The fraction of sp³-hybridized carbons (Fsp3) is 0.722. The smallest absolute Gasteiger partial charge is 0.336 e. The van der Waals surface area contributed by atoms with Crippen LogP contribution in [0, 0.1) is 0 Å². The summed E-state index contributed by atoms with van der Waals surface area (Å²) in [7, 11) is -3.35. The van der Waals surface area contributed by atoms with Gasteiger partial charge < -0.3 is 29.4 Å². The minimum atomic E-state index is -3.35. The molecule has 0 spiro atoms. The fourth-order valence-corrected chi connectivity index (χ4v) is 5.36. The minimum Gasteiger partial charge on any atom is -0.374 e. The van der Waals surface area contributed by atoms with E-state index < -0.39 is 13.3 Å². The van der Waals surface area contributed by atoms with Gasteiger partial charge >= 0.3 is 7.60 Å². The van der Waals surface area contributed by atoms with Crippen molar-refractivity contribution >= 4 is 24.7 Å². The summed E-state index contributed by atoms with van der Waals surface area (Å²) in [5.41, 5.74) is 5.50. The molecule has 1 unspecified atom stereocenters. The van der Waals surface area contributed by atoms with E-state index in [9.17, 15) is 9.36 Å². The van der Waals surface area contributed by atoms with Gasteiger partial charge in [0.25, 0.3) is 5.56 Å². The number of hydrogen-bond donors (Lipinski definition) is 3. The molecular weight excluding hydrogens is 411 g/mol. The first-order chi connectivity index (χ1) is 14.1. The molecule has 168 valence electrons. The number of aromatic nitrogens is 4. The molecule has 2 aromatic rings. The van der Waals surface area contributed by atoms with Crippen LogP contribution in [0.4, 0.5) is 5.95 Å². The van der Waals surface area contributed by atoms with Gasteiger partial charge in [0.15, 0.2) is 11.2 Å². The molecule has 3 atom stereocenters. The lowest BCUT2D eigenvalue weighted by Crippen LogP contribution is -2.29. The second kappa shape index (κ2) is 9.15. The third kappa shape index (κ3) is 4.92. The molecule has 3 heterocycles. The molecule has 11 nitrogen and oxygen atoms in total. The van der Waals surface area contributed by atoms with E-state index in [0.29, 0.717) is 18.7 Å². The van der Waals surface area contributed by atoms with E-state index in [1.165, 1.54) is 0 Å². The predicted molar refractivity (Wildman–Crippen MR) is 114 cm³/mol. The summed E-state index contributed by atoms with van der Waals surface area (Å²) in [5.74, 6) is 0.0314. The average molecular weight is 442 g/mol. The van der Waals surface area contributed by atoms with Crippen LogP contribution in [0.1, 0.15) is 40.7 Å². The Morgan fingerprint density at radius 1 is 1.23 bits per heavy atom. The molecule has 4 N–H and O–H groups in total. The Morgan fingerprint density at radius 2 is 1.90 bits per heavy atom. The average Bonchev–Trinajstić information content (AvgIpc) is 3.24. The summed E-state index contributed by atoms with van der Waals surface area (Å²) in [6.07, 6.45) is 0.867. The van der Waals surface area contributed by atoms with Crippen molar-refractivity contribution < 1.29 is 18.3 Å². The number of hydrogen-bond acceptors (Lipinski definition) is 9. The Balaban J connectivity index is 1.75. The predicted octanol–water partition coefficient (Wildman–Crippen LogP) is 1.66. The highest BCUT2D eigenvalue weighted by Gasteiger charge is 2.37. The zero-order chi connectivity index (χ0) is 22.1. The third-order valence-electron chi connectivity index (χ3n) is 4.74. The van der Waals surface area contributed by atoms with Crippen molar-refractivity contribution in [2.24, 2.45) is 0 Å². The monoisotopic (exact) mass is 442 g/mol. The van der Waals surface area contributed by atoms with Crippen LogP contribution in [0.25, 0.3) is 11.2 Å². The summed E-state index contributed by atoms with van der Waals surface area (Å²) >= 11 is 0. The number of ether oxygens (including phenoxy) is 1. The first-order valence-corrected chi connectivity index (χ1v) is 11.7. The Labute approximate surface area is 175 Å². The molecule has 1 saturated heterocycles. The van der Waals surface area contributed by atoms with E-state index >= 15 is 0 Å². The highest BCUT2D eigenvalue weighted by Crippen LogP contribution is 2.55. The molecule has 0 aliphatic carbocycles. The molecule has 1 aliphatic heterocycles. The van der Waals surface area contributed by atoms with Gasteiger partial charge in [0.1, 0.15) is 0 Å². The lowest BCUT2D eigenvalue weighted by atomic mass is 10.2. The van der Waals surface area contributed by atoms with Crippen molar-refractivity contribution in [1.29, 1.82) is 0 Å². The largest absolute Gasteiger partial charge is 0.374 e. The van der Waals surface area contributed by atoms with Crippen LogP contribution in [-0.2, 0) is 18.3 Å². The first-order valence-electron chi connectivity index (χ1n) is 10.1. The zero-order valence-corrected chi connectivity index (χ0v) is 18.9. The van der Waals surface area contributed by atoms with Gasteiger partial charge in [-0.1, -0.05) is 0 Å². The Bertz CT molecular complexity index is 960. The summed E-state index contributed by atoms with van der Waals surface area (Å²) in [6.45, 7) is 10.5. The number of aromatic amines is 1. The summed E-state index contributed by atoms with van der Waals surface area (Å²) < 4.78 is 32.5. The van der Waals surface area contributed by atoms with E-state index in [4.69, 9.17) is 19.5 Å². The standard InChI is InChI=1S/C18H31N6O5P/c1-10(2)28-30(26,29-11(3)4)12(5)8-27-14-7-20-6-13(14)24-9-21-15-16(24)22-18(19)23-17(15)25/h9-14,20H,6-8H2,1-5H3,(H3,19,22,23,25)/t12?,13-,14+/m1/s1. The van der Waals surface area contributed by atoms with Crippen molar-refractivity contribution in [3.05, 3.63) is 16.7 Å². The molecule has 0 amide bonds. The molecular formula is C18H31N6O5P.